The summed E-state index contributed by atoms with van der Waals surface area (Å²) in [5.74, 6) is -0.675. The summed E-state index contributed by atoms with van der Waals surface area (Å²) in [6.07, 6.45) is 0.704. The Kier molecular flexibility index (Phi) is 11.1. The van der Waals surface area contributed by atoms with Crippen LogP contribution in [-0.2, 0) is 26.2 Å². The Morgan fingerprint density at radius 3 is 2.27 bits per heavy atom. The van der Waals surface area contributed by atoms with Gasteiger partial charge in [0.1, 0.15) is 18.3 Å². The van der Waals surface area contributed by atoms with E-state index < -0.39 is 28.5 Å². The molecule has 2 atom stereocenters. The second-order valence-corrected chi connectivity index (χ2v) is 12.4. The molecule has 0 radical (unpaired) electrons. The van der Waals surface area contributed by atoms with Gasteiger partial charge in [0.2, 0.25) is 11.8 Å². The molecule has 0 aromatic heterocycles. The summed E-state index contributed by atoms with van der Waals surface area (Å²) < 4.78 is 34.5. The molecule has 3 aromatic carbocycles. The van der Waals surface area contributed by atoms with Gasteiger partial charge in [-0.3, -0.25) is 13.9 Å². The van der Waals surface area contributed by atoms with Crippen molar-refractivity contribution in [1.82, 2.24) is 10.2 Å². The van der Waals surface area contributed by atoms with E-state index in [9.17, 15) is 18.0 Å². The van der Waals surface area contributed by atoms with E-state index in [0.717, 1.165) is 9.87 Å². The molecular formula is C30H35Cl2N3O5S. The van der Waals surface area contributed by atoms with Crippen molar-refractivity contribution in [2.24, 2.45) is 0 Å². The minimum Gasteiger partial charge on any atom is -0.495 e. The minimum atomic E-state index is -4.22. The van der Waals surface area contributed by atoms with Crippen LogP contribution in [-0.4, -0.2) is 50.9 Å². The normalized spacial score (nSPS) is 12.8. The number of sulfonamides is 1. The van der Waals surface area contributed by atoms with Crippen molar-refractivity contribution in [3.05, 3.63) is 87.9 Å². The van der Waals surface area contributed by atoms with E-state index in [-0.39, 0.29) is 34.8 Å². The van der Waals surface area contributed by atoms with Gasteiger partial charge in [-0.25, -0.2) is 8.42 Å². The number of halogens is 2. The average Bonchev–Trinajstić information content (AvgIpc) is 2.96. The topological polar surface area (TPSA) is 96.0 Å². The fourth-order valence-electron chi connectivity index (χ4n) is 4.11. The van der Waals surface area contributed by atoms with Crippen molar-refractivity contribution in [2.75, 3.05) is 18.0 Å². The van der Waals surface area contributed by atoms with Crippen LogP contribution in [0, 0.1) is 6.92 Å². The summed E-state index contributed by atoms with van der Waals surface area (Å²) in [5, 5.41) is 3.55. The predicted molar refractivity (Wildman–Crippen MR) is 163 cm³/mol. The van der Waals surface area contributed by atoms with Crippen LogP contribution in [0.5, 0.6) is 5.75 Å². The number of nitrogens with one attached hydrogen (secondary N) is 1. The van der Waals surface area contributed by atoms with Gasteiger partial charge in [-0.2, -0.15) is 0 Å². The summed E-state index contributed by atoms with van der Waals surface area (Å²) in [6.45, 7) is 6.64. The van der Waals surface area contributed by atoms with E-state index in [2.05, 4.69) is 5.32 Å². The zero-order valence-electron chi connectivity index (χ0n) is 23.7. The second kappa shape index (κ2) is 14.1. The quantitative estimate of drug-likeness (QED) is 0.275. The van der Waals surface area contributed by atoms with Crippen LogP contribution in [0.4, 0.5) is 5.69 Å². The zero-order chi connectivity index (χ0) is 30.3. The maximum absolute atomic E-state index is 14.1. The molecule has 0 fully saturated rings. The Bertz CT molecular complexity index is 1480. The van der Waals surface area contributed by atoms with Gasteiger partial charge >= 0.3 is 0 Å². The molecule has 0 aliphatic rings. The molecule has 0 saturated carbocycles. The van der Waals surface area contributed by atoms with Crippen LogP contribution >= 0.6 is 23.2 Å². The maximum Gasteiger partial charge on any atom is 0.264 e. The van der Waals surface area contributed by atoms with Crippen molar-refractivity contribution < 1.29 is 22.7 Å². The molecule has 41 heavy (non-hydrogen) atoms. The van der Waals surface area contributed by atoms with E-state index in [1.807, 2.05) is 20.8 Å². The molecule has 0 saturated heterocycles. The summed E-state index contributed by atoms with van der Waals surface area (Å²) >= 11 is 12.3. The third kappa shape index (κ3) is 7.93. The van der Waals surface area contributed by atoms with Gasteiger partial charge < -0.3 is 15.0 Å². The summed E-state index contributed by atoms with van der Waals surface area (Å²) in [5.41, 5.74) is 1.60. The van der Waals surface area contributed by atoms with Gasteiger partial charge in [-0.15, -0.1) is 0 Å². The van der Waals surface area contributed by atoms with Crippen LogP contribution in [0.3, 0.4) is 0 Å². The number of carbonyl (C=O) groups excluding carboxylic acids is 2. The van der Waals surface area contributed by atoms with E-state index >= 15 is 0 Å². The monoisotopic (exact) mass is 619 g/mol. The van der Waals surface area contributed by atoms with Gasteiger partial charge in [-0.05, 0) is 74.7 Å². The smallest absolute Gasteiger partial charge is 0.264 e. The summed E-state index contributed by atoms with van der Waals surface area (Å²) in [4.78, 5) is 28.6. The first kappa shape index (κ1) is 32.2. The van der Waals surface area contributed by atoms with Crippen molar-refractivity contribution in [3.63, 3.8) is 0 Å². The number of aryl methyl sites for hydroxylation is 1. The van der Waals surface area contributed by atoms with Crippen molar-refractivity contribution in [3.8, 4) is 5.75 Å². The Balaban J connectivity index is 2.10. The highest BCUT2D eigenvalue weighted by atomic mass is 35.5. The number of methoxy groups -OCH3 is 1. The number of hydrogen-bond acceptors (Lipinski definition) is 5. The largest absolute Gasteiger partial charge is 0.495 e. The Hall–Kier alpha value is -3.27. The third-order valence-electron chi connectivity index (χ3n) is 6.72. The van der Waals surface area contributed by atoms with Crippen molar-refractivity contribution >= 4 is 50.7 Å². The highest BCUT2D eigenvalue weighted by molar-refractivity contribution is 7.92. The molecule has 0 aliphatic heterocycles. The van der Waals surface area contributed by atoms with Gasteiger partial charge in [0.15, 0.2) is 0 Å². The molecule has 3 rings (SSSR count). The number of ether oxygens (including phenoxy) is 1. The van der Waals surface area contributed by atoms with Crippen LogP contribution in [0.1, 0.15) is 38.3 Å². The van der Waals surface area contributed by atoms with E-state index in [1.165, 1.54) is 24.1 Å². The molecule has 2 amide bonds. The van der Waals surface area contributed by atoms with E-state index in [1.54, 1.807) is 61.5 Å². The van der Waals surface area contributed by atoms with E-state index in [4.69, 9.17) is 27.9 Å². The van der Waals surface area contributed by atoms with Crippen LogP contribution in [0.2, 0.25) is 10.0 Å². The molecular weight excluding hydrogens is 585 g/mol. The molecule has 0 heterocycles. The van der Waals surface area contributed by atoms with Crippen LogP contribution in [0.15, 0.2) is 71.6 Å². The molecule has 0 bridgehead atoms. The number of rotatable bonds is 12. The first-order chi connectivity index (χ1) is 19.4. The Labute approximate surface area is 252 Å². The van der Waals surface area contributed by atoms with Gasteiger partial charge in [0, 0.05) is 12.6 Å². The lowest BCUT2D eigenvalue weighted by molar-refractivity contribution is -0.139. The number of anilines is 1. The molecule has 0 unspecified atom stereocenters. The van der Waals surface area contributed by atoms with Crippen LogP contribution in [0.25, 0.3) is 0 Å². The van der Waals surface area contributed by atoms with Crippen molar-refractivity contribution in [1.29, 1.82) is 0 Å². The number of amides is 2. The third-order valence-corrected chi connectivity index (χ3v) is 9.23. The lowest BCUT2D eigenvalue weighted by Crippen LogP contribution is -2.52. The van der Waals surface area contributed by atoms with Crippen LogP contribution < -0.4 is 14.4 Å². The number of benzene rings is 3. The Morgan fingerprint density at radius 1 is 0.976 bits per heavy atom. The fraction of sp³-hybridized carbons (Fsp3) is 0.333. The molecule has 220 valence electrons. The minimum absolute atomic E-state index is 0.00497. The molecule has 0 spiro atoms. The van der Waals surface area contributed by atoms with Gasteiger partial charge in [0.25, 0.3) is 10.0 Å². The molecule has 8 nitrogen and oxygen atoms in total. The Morgan fingerprint density at radius 2 is 1.66 bits per heavy atom. The molecule has 1 N–H and O–H groups in total. The maximum atomic E-state index is 14.1. The standard InChI is InChI=1S/C30H35Cl2N3O5S/c1-6-21(3)33-30(37)22(4)34(18-23-13-14-25(31)26(32)17-23)29(36)19-35(27-16-20(2)12-15-28(27)40-5)41(38,39)24-10-8-7-9-11-24/h7-17,21-22H,6,18-19H2,1-5H3,(H,33,37)/t21-,22-/m1/s1. The lowest BCUT2D eigenvalue weighted by atomic mass is 10.1. The van der Waals surface area contributed by atoms with E-state index in [0.29, 0.717) is 22.0 Å². The first-order valence-corrected chi connectivity index (χ1v) is 15.3. The molecule has 3 aromatic rings. The summed E-state index contributed by atoms with van der Waals surface area (Å²) in [6, 6.07) is 16.8. The molecule has 11 heteroatoms. The predicted octanol–water partition coefficient (Wildman–Crippen LogP) is 5.84. The second-order valence-electron chi connectivity index (χ2n) is 9.76. The first-order valence-electron chi connectivity index (χ1n) is 13.1. The number of carbonyl (C=O) groups is 2. The lowest BCUT2D eigenvalue weighted by Gasteiger charge is -2.33. The SMILES string of the molecule is CC[C@@H](C)NC(=O)[C@@H](C)N(Cc1ccc(Cl)c(Cl)c1)C(=O)CN(c1cc(C)ccc1OC)S(=O)(=O)c1ccccc1. The van der Waals surface area contributed by atoms with Gasteiger partial charge in [-0.1, -0.05) is 60.5 Å². The highest BCUT2D eigenvalue weighted by Crippen LogP contribution is 2.34. The van der Waals surface area contributed by atoms with Gasteiger partial charge in [0.05, 0.1) is 27.7 Å². The number of nitrogens with zero attached hydrogens (tertiary/aromatic N) is 2. The molecule has 0 aliphatic carbocycles. The number of hydrogen-bond donors (Lipinski definition) is 1. The fourth-order valence-corrected chi connectivity index (χ4v) is 5.87. The average molecular weight is 621 g/mol. The zero-order valence-corrected chi connectivity index (χ0v) is 26.1. The van der Waals surface area contributed by atoms with Crippen molar-refractivity contribution in [2.45, 2.75) is 57.6 Å². The summed E-state index contributed by atoms with van der Waals surface area (Å²) in [7, 11) is -2.79. The highest BCUT2D eigenvalue weighted by Gasteiger charge is 2.34.